The highest BCUT2D eigenvalue weighted by atomic mass is 16.7. The summed E-state index contributed by atoms with van der Waals surface area (Å²) in [5.74, 6) is 0.138. The van der Waals surface area contributed by atoms with Crippen LogP contribution in [0.15, 0.2) is 24.3 Å². The molecule has 2 fully saturated rings. The Labute approximate surface area is 138 Å². The Morgan fingerprint density at radius 1 is 1.13 bits per heavy atom. The summed E-state index contributed by atoms with van der Waals surface area (Å²) < 4.78 is 12.1. The van der Waals surface area contributed by atoms with Crippen LogP contribution in [0.25, 0.3) is 0 Å². The molecule has 2 heterocycles. The van der Waals surface area contributed by atoms with Gasteiger partial charge in [-0.1, -0.05) is 12.1 Å². The summed E-state index contributed by atoms with van der Waals surface area (Å²) in [6, 6.07) is 8.48. The fraction of sp³-hybridized carbons (Fsp3) is 0.588. The van der Waals surface area contributed by atoms with Crippen molar-refractivity contribution in [1.29, 1.82) is 0 Å². The summed E-state index contributed by atoms with van der Waals surface area (Å²) in [6.45, 7) is 11.4. The molecule has 5 nitrogen and oxygen atoms in total. The van der Waals surface area contributed by atoms with Crippen molar-refractivity contribution >= 4 is 24.2 Å². The minimum absolute atomic E-state index is 0.138. The number of carbonyl (C=O) groups excluding carboxylic acids is 1. The maximum absolute atomic E-state index is 11.2. The van der Waals surface area contributed by atoms with Crippen molar-refractivity contribution in [3.8, 4) is 0 Å². The second kappa shape index (κ2) is 5.53. The van der Waals surface area contributed by atoms with Crippen LogP contribution in [-0.4, -0.2) is 48.3 Å². The van der Waals surface area contributed by atoms with E-state index in [-0.39, 0.29) is 24.2 Å². The highest BCUT2D eigenvalue weighted by Crippen LogP contribution is 2.36. The zero-order chi connectivity index (χ0) is 16.8. The lowest BCUT2D eigenvalue weighted by Gasteiger charge is -2.39. The van der Waals surface area contributed by atoms with Crippen molar-refractivity contribution in [2.45, 2.75) is 51.9 Å². The normalized spacial score (nSPS) is 22.8. The summed E-state index contributed by atoms with van der Waals surface area (Å²) in [4.78, 5) is 13.0. The lowest BCUT2D eigenvalue weighted by Crippen LogP contribution is -2.56. The van der Waals surface area contributed by atoms with Gasteiger partial charge in [0, 0.05) is 25.7 Å². The molecule has 0 aliphatic carbocycles. The van der Waals surface area contributed by atoms with Crippen LogP contribution in [0.3, 0.4) is 0 Å². The molecule has 0 aromatic heterocycles. The Morgan fingerprint density at radius 2 is 1.65 bits per heavy atom. The van der Waals surface area contributed by atoms with Gasteiger partial charge in [0.15, 0.2) is 0 Å². The van der Waals surface area contributed by atoms with E-state index in [2.05, 4.69) is 33.0 Å². The molecule has 0 bridgehead atoms. The number of hydrogen-bond acceptors (Lipinski definition) is 4. The zero-order valence-electron chi connectivity index (χ0n) is 14.6. The first kappa shape index (κ1) is 16.3. The van der Waals surface area contributed by atoms with Crippen molar-refractivity contribution in [1.82, 2.24) is 4.90 Å². The molecule has 6 heteroatoms. The van der Waals surface area contributed by atoms with Gasteiger partial charge in [-0.15, -0.1) is 0 Å². The quantitative estimate of drug-likeness (QED) is 0.861. The van der Waals surface area contributed by atoms with Crippen molar-refractivity contribution < 1.29 is 14.1 Å². The molecule has 0 unspecified atom stereocenters. The van der Waals surface area contributed by atoms with Crippen molar-refractivity contribution in [2.75, 3.05) is 18.4 Å². The number of nitrogens with zero attached hydrogens (tertiary/aromatic N) is 1. The van der Waals surface area contributed by atoms with E-state index in [0.29, 0.717) is 6.04 Å². The Hall–Kier alpha value is -1.53. The molecule has 0 radical (unpaired) electrons. The van der Waals surface area contributed by atoms with Gasteiger partial charge in [0.05, 0.1) is 17.2 Å². The molecule has 23 heavy (non-hydrogen) atoms. The third-order valence-corrected chi connectivity index (χ3v) is 5.13. The summed E-state index contributed by atoms with van der Waals surface area (Å²) in [5.41, 5.74) is 1.43. The van der Waals surface area contributed by atoms with Crippen LogP contribution in [-0.2, 0) is 14.1 Å². The molecule has 124 valence electrons. The number of likely N-dealkylation sites (tertiary alicyclic amines) is 1. The average Bonchev–Trinajstić information content (AvgIpc) is 2.62. The number of hydrogen-bond donors (Lipinski definition) is 1. The molecular formula is C17H25BN2O3. The number of amides is 1. The molecule has 0 spiro atoms. The van der Waals surface area contributed by atoms with E-state index in [1.165, 1.54) is 0 Å². The third kappa shape index (κ3) is 3.10. The minimum atomic E-state index is -0.328. The molecule has 2 aliphatic heterocycles. The van der Waals surface area contributed by atoms with Crippen molar-refractivity contribution in [2.24, 2.45) is 0 Å². The zero-order valence-corrected chi connectivity index (χ0v) is 14.6. The highest BCUT2D eigenvalue weighted by Gasteiger charge is 2.51. The number of anilines is 1. The lowest BCUT2D eigenvalue weighted by molar-refractivity contribution is -0.132. The first-order valence-electron chi connectivity index (χ1n) is 8.16. The van der Waals surface area contributed by atoms with E-state index in [0.717, 1.165) is 24.2 Å². The van der Waals surface area contributed by atoms with Crippen LogP contribution in [0.4, 0.5) is 5.69 Å². The van der Waals surface area contributed by atoms with E-state index in [1.54, 1.807) is 6.92 Å². The number of nitrogens with one attached hydrogen (secondary N) is 1. The number of carbonyl (C=O) groups is 1. The van der Waals surface area contributed by atoms with Gasteiger partial charge in [0.2, 0.25) is 5.91 Å². The van der Waals surface area contributed by atoms with Gasteiger partial charge in [-0.3, -0.25) is 4.79 Å². The topological polar surface area (TPSA) is 50.8 Å². The predicted octanol–water partition coefficient (Wildman–Crippen LogP) is 1.63. The van der Waals surface area contributed by atoms with Crippen LogP contribution in [0.5, 0.6) is 0 Å². The summed E-state index contributed by atoms with van der Waals surface area (Å²) in [6.07, 6.45) is 0. The molecule has 1 N–H and O–H groups in total. The van der Waals surface area contributed by atoms with Gasteiger partial charge in [-0.2, -0.15) is 0 Å². The van der Waals surface area contributed by atoms with Crippen LogP contribution >= 0.6 is 0 Å². The van der Waals surface area contributed by atoms with E-state index in [9.17, 15) is 4.79 Å². The smallest absolute Gasteiger partial charge is 0.399 e. The van der Waals surface area contributed by atoms with E-state index < -0.39 is 0 Å². The Morgan fingerprint density at radius 3 is 2.13 bits per heavy atom. The maximum Gasteiger partial charge on any atom is 0.494 e. The van der Waals surface area contributed by atoms with Gasteiger partial charge < -0.3 is 19.5 Å². The molecule has 1 aromatic carbocycles. The van der Waals surface area contributed by atoms with E-state index in [4.69, 9.17) is 9.31 Å². The Balaban J connectivity index is 1.59. The average molecular weight is 316 g/mol. The van der Waals surface area contributed by atoms with Crippen LogP contribution in [0.2, 0.25) is 0 Å². The first-order valence-corrected chi connectivity index (χ1v) is 8.16. The van der Waals surface area contributed by atoms with Crippen molar-refractivity contribution in [3.05, 3.63) is 24.3 Å². The fourth-order valence-electron chi connectivity index (χ4n) is 2.78. The predicted molar refractivity (Wildman–Crippen MR) is 91.8 cm³/mol. The largest absolute Gasteiger partial charge is 0.494 e. The van der Waals surface area contributed by atoms with Gasteiger partial charge in [0.1, 0.15) is 0 Å². The maximum atomic E-state index is 11.2. The lowest BCUT2D eigenvalue weighted by atomic mass is 9.79. The first-order chi connectivity index (χ1) is 10.7. The third-order valence-electron chi connectivity index (χ3n) is 5.13. The second-order valence-corrected chi connectivity index (χ2v) is 7.48. The summed E-state index contributed by atoms with van der Waals surface area (Å²) in [7, 11) is -0.328. The van der Waals surface area contributed by atoms with Crippen LogP contribution in [0.1, 0.15) is 34.6 Å². The number of rotatable bonds is 3. The molecule has 2 aliphatic rings. The van der Waals surface area contributed by atoms with E-state index in [1.807, 2.05) is 29.2 Å². The summed E-state index contributed by atoms with van der Waals surface area (Å²) in [5, 5.41) is 3.44. The SMILES string of the molecule is CC(=O)N1CC(Nc2ccc(B3OC(C)(C)C(C)(C)O3)cc2)C1. The second-order valence-electron chi connectivity index (χ2n) is 7.48. The standard InChI is InChI=1S/C17H25BN2O3/c1-12(21)20-10-15(11-20)19-14-8-6-13(7-9-14)18-22-16(2,3)17(4,5)23-18/h6-9,15,19H,10-11H2,1-5H3. The minimum Gasteiger partial charge on any atom is -0.399 e. The van der Waals surface area contributed by atoms with Crippen molar-refractivity contribution in [3.63, 3.8) is 0 Å². The molecular weight excluding hydrogens is 291 g/mol. The molecule has 2 saturated heterocycles. The fourth-order valence-corrected chi connectivity index (χ4v) is 2.78. The molecule has 0 atom stereocenters. The van der Waals surface area contributed by atoms with Gasteiger partial charge >= 0.3 is 7.12 Å². The van der Waals surface area contributed by atoms with Gasteiger partial charge in [-0.25, -0.2) is 0 Å². The molecule has 1 aromatic rings. The summed E-state index contributed by atoms with van der Waals surface area (Å²) >= 11 is 0. The van der Waals surface area contributed by atoms with Crippen LogP contribution in [0, 0.1) is 0 Å². The van der Waals surface area contributed by atoms with Crippen LogP contribution < -0.4 is 10.8 Å². The Kier molecular flexibility index (Phi) is 3.93. The monoisotopic (exact) mass is 316 g/mol. The Bertz CT molecular complexity index is 578. The number of benzene rings is 1. The highest BCUT2D eigenvalue weighted by molar-refractivity contribution is 6.62. The van der Waals surface area contributed by atoms with Gasteiger partial charge in [0.25, 0.3) is 0 Å². The molecule has 3 rings (SSSR count). The van der Waals surface area contributed by atoms with Gasteiger partial charge in [-0.05, 0) is 45.3 Å². The molecule has 0 saturated carbocycles. The van der Waals surface area contributed by atoms with E-state index >= 15 is 0 Å². The molecule has 1 amide bonds.